The van der Waals surface area contributed by atoms with Crippen LogP contribution in [0.1, 0.15) is 213 Å². The predicted octanol–water partition coefficient (Wildman–Crippen LogP) is 17.9. The first kappa shape index (κ1) is 62.5. The smallest absolute Gasteiger partial charge is 0.306 e. The van der Waals surface area contributed by atoms with E-state index in [2.05, 4.69) is 154 Å². The number of hydrogen-bond acceptors (Lipinski definition) is 6. The van der Waals surface area contributed by atoms with E-state index in [-0.39, 0.29) is 50.4 Å². The lowest BCUT2D eigenvalue weighted by atomic mass is 10.1. The number of hydrogen-bond donors (Lipinski definition) is 0. The quantitative estimate of drug-likeness (QED) is 0.0262. The molecule has 1 atom stereocenters. The zero-order chi connectivity index (χ0) is 48.6. The van der Waals surface area contributed by atoms with Gasteiger partial charge in [0.2, 0.25) is 0 Å². The summed E-state index contributed by atoms with van der Waals surface area (Å²) in [4.78, 5) is 38.0. The first-order chi connectivity index (χ1) is 33.0. The Labute approximate surface area is 411 Å². The van der Waals surface area contributed by atoms with Gasteiger partial charge in [-0.25, -0.2) is 0 Å². The van der Waals surface area contributed by atoms with Crippen molar-refractivity contribution in [3.63, 3.8) is 0 Å². The van der Waals surface area contributed by atoms with Crippen LogP contribution in [0, 0.1) is 0 Å². The fourth-order valence-electron chi connectivity index (χ4n) is 6.67. The molecule has 67 heavy (non-hydrogen) atoms. The van der Waals surface area contributed by atoms with Crippen LogP contribution in [0.25, 0.3) is 0 Å². The van der Waals surface area contributed by atoms with Gasteiger partial charge in [-0.05, 0) is 128 Å². The van der Waals surface area contributed by atoms with E-state index in [0.717, 1.165) is 116 Å². The van der Waals surface area contributed by atoms with Crippen molar-refractivity contribution in [1.82, 2.24) is 0 Å². The third-order valence-electron chi connectivity index (χ3n) is 10.6. The molecule has 0 spiro atoms. The number of unbranched alkanes of at least 4 members (excludes halogenated alkanes) is 13. The molecule has 0 fully saturated rings. The van der Waals surface area contributed by atoms with Gasteiger partial charge in [-0.1, -0.05) is 199 Å². The van der Waals surface area contributed by atoms with Crippen LogP contribution in [-0.4, -0.2) is 37.2 Å². The van der Waals surface area contributed by atoms with Crippen LogP contribution in [0.2, 0.25) is 0 Å². The highest BCUT2D eigenvalue weighted by atomic mass is 16.6. The number of ether oxygens (including phenoxy) is 3. The molecule has 0 aromatic carbocycles. The SMILES string of the molecule is CC/C=C\C/C=C\C/C=C\C/C=C\CCCCCCC(=O)O[C@@H](COC(=O)CCC/C=C\C/C=C\C/C=C\CCCCCCCC)COC(=O)CCCC/C=C\C/C=C\C/C=C\C/C=C\CC. The first-order valence-electron chi connectivity index (χ1n) is 26.7. The van der Waals surface area contributed by atoms with Gasteiger partial charge in [-0.3, -0.25) is 14.4 Å². The minimum Gasteiger partial charge on any atom is -0.462 e. The molecule has 0 saturated carbocycles. The van der Waals surface area contributed by atoms with E-state index in [4.69, 9.17) is 14.2 Å². The van der Waals surface area contributed by atoms with Crippen molar-refractivity contribution in [1.29, 1.82) is 0 Å². The van der Waals surface area contributed by atoms with Crippen LogP contribution in [0.15, 0.2) is 134 Å². The first-order valence-corrected chi connectivity index (χ1v) is 26.7. The fourth-order valence-corrected chi connectivity index (χ4v) is 6.67. The Kier molecular flexibility index (Phi) is 50.6. The second kappa shape index (κ2) is 54.2. The molecule has 0 N–H and O–H groups in total. The molecule has 376 valence electrons. The molecule has 0 radical (unpaired) electrons. The lowest BCUT2D eigenvalue weighted by molar-refractivity contribution is -0.167. The molecule has 0 bridgehead atoms. The molecule has 0 unspecified atom stereocenters. The standard InChI is InChI=1S/C61H96O6/c1-4-7-10-13-16-19-22-25-28-30-33-36-39-42-45-48-51-54-60(63)66-57-58(56-65-59(62)53-50-47-44-41-38-35-32-27-24-21-18-15-12-9-6-3)67-61(64)55-52-49-46-43-40-37-34-31-29-26-23-20-17-14-11-8-5-2/h8-9,11-12,17-18,20-21,25-29,32-34,36-38,41-42,45,58H,4-7,10,13-16,19,22-24,30-31,35,39-40,43-44,46-57H2,1-3H3/b11-8-,12-9-,20-17-,21-18-,28-25-,29-26-,32-27-,36-33-,37-34-,41-38-,45-42-/t58-/m1/s1. The Morgan fingerprint density at radius 1 is 0.313 bits per heavy atom. The third kappa shape index (κ3) is 52.4. The summed E-state index contributed by atoms with van der Waals surface area (Å²) in [5, 5.41) is 0. The Bertz CT molecular complexity index is 1480. The molecule has 0 heterocycles. The zero-order valence-electron chi connectivity index (χ0n) is 42.9. The number of carbonyl (C=O) groups excluding carboxylic acids is 3. The van der Waals surface area contributed by atoms with Crippen molar-refractivity contribution < 1.29 is 28.6 Å². The van der Waals surface area contributed by atoms with Crippen LogP contribution in [-0.2, 0) is 28.6 Å². The highest BCUT2D eigenvalue weighted by Crippen LogP contribution is 2.11. The molecule has 0 rings (SSSR count). The van der Waals surface area contributed by atoms with E-state index in [1.807, 2.05) is 0 Å². The van der Waals surface area contributed by atoms with Crippen LogP contribution < -0.4 is 0 Å². The van der Waals surface area contributed by atoms with Crippen LogP contribution in [0.5, 0.6) is 0 Å². The molecule has 0 aliphatic carbocycles. The number of carbonyl (C=O) groups is 3. The maximum Gasteiger partial charge on any atom is 0.306 e. The molecule has 0 amide bonds. The Hall–Kier alpha value is -4.45. The Balaban J connectivity index is 4.60. The molecule has 0 aliphatic rings. The second-order valence-corrected chi connectivity index (χ2v) is 17.0. The van der Waals surface area contributed by atoms with E-state index in [1.54, 1.807) is 0 Å². The summed E-state index contributed by atoms with van der Waals surface area (Å²) in [6.45, 7) is 6.28. The van der Waals surface area contributed by atoms with Crippen molar-refractivity contribution in [2.75, 3.05) is 13.2 Å². The minimum absolute atomic E-state index is 0.130. The molecule has 0 aromatic heterocycles. The van der Waals surface area contributed by atoms with Crippen LogP contribution in [0.3, 0.4) is 0 Å². The normalized spacial score (nSPS) is 13.2. The summed E-state index contributed by atoms with van der Waals surface area (Å²) in [5.74, 6) is -1.05. The number of rotatable bonds is 46. The molecular weight excluding hydrogens is 829 g/mol. The zero-order valence-corrected chi connectivity index (χ0v) is 42.9. The van der Waals surface area contributed by atoms with Crippen molar-refractivity contribution >= 4 is 17.9 Å². The van der Waals surface area contributed by atoms with Gasteiger partial charge in [0, 0.05) is 19.3 Å². The monoisotopic (exact) mass is 925 g/mol. The van der Waals surface area contributed by atoms with Crippen molar-refractivity contribution in [3.05, 3.63) is 134 Å². The fraction of sp³-hybridized carbons (Fsp3) is 0.590. The van der Waals surface area contributed by atoms with Gasteiger partial charge < -0.3 is 14.2 Å². The largest absolute Gasteiger partial charge is 0.462 e. The van der Waals surface area contributed by atoms with E-state index < -0.39 is 6.10 Å². The minimum atomic E-state index is -0.833. The summed E-state index contributed by atoms with van der Waals surface area (Å²) in [7, 11) is 0. The summed E-state index contributed by atoms with van der Waals surface area (Å²) in [5.41, 5.74) is 0. The van der Waals surface area contributed by atoms with Gasteiger partial charge in [-0.15, -0.1) is 0 Å². The third-order valence-corrected chi connectivity index (χ3v) is 10.6. The summed E-state index contributed by atoms with van der Waals surface area (Å²) in [6.07, 6.45) is 75.9. The molecule has 0 aliphatic heterocycles. The van der Waals surface area contributed by atoms with Gasteiger partial charge in [0.1, 0.15) is 13.2 Å². The number of allylic oxidation sites excluding steroid dienone is 22. The Morgan fingerprint density at radius 3 is 1.00 bits per heavy atom. The van der Waals surface area contributed by atoms with Gasteiger partial charge >= 0.3 is 17.9 Å². The van der Waals surface area contributed by atoms with Gasteiger partial charge in [-0.2, -0.15) is 0 Å². The molecule has 6 heteroatoms. The Morgan fingerprint density at radius 2 is 0.597 bits per heavy atom. The second-order valence-electron chi connectivity index (χ2n) is 17.0. The highest BCUT2D eigenvalue weighted by molar-refractivity contribution is 5.71. The van der Waals surface area contributed by atoms with Crippen molar-refractivity contribution in [3.8, 4) is 0 Å². The van der Waals surface area contributed by atoms with Crippen LogP contribution in [0.4, 0.5) is 0 Å². The highest BCUT2D eigenvalue weighted by Gasteiger charge is 2.19. The lowest BCUT2D eigenvalue weighted by Gasteiger charge is -2.18. The van der Waals surface area contributed by atoms with Crippen LogP contribution >= 0.6 is 0 Å². The number of esters is 3. The molecular formula is C61H96O6. The van der Waals surface area contributed by atoms with E-state index in [1.165, 1.54) is 44.9 Å². The summed E-state index contributed by atoms with van der Waals surface area (Å²) in [6, 6.07) is 0. The predicted molar refractivity (Wildman–Crippen MR) is 288 cm³/mol. The van der Waals surface area contributed by atoms with Gasteiger partial charge in [0.25, 0.3) is 0 Å². The van der Waals surface area contributed by atoms with E-state index in [9.17, 15) is 14.4 Å². The van der Waals surface area contributed by atoms with Gasteiger partial charge in [0.05, 0.1) is 0 Å². The summed E-state index contributed by atoms with van der Waals surface area (Å²) >= 11 is 0. The maximum absolute atomic E-state index is 12.8. The topological polar surface area (TPSA) is 78.9 Å². The van der Waals surface area contributed by atoms with E-state index >= 15 is 0 Å². The van der Waals surface area contributed by atoms with E-state index in [0.29, 0.717) is 12.8 Å². The maximum atomic E-state index is 12.8. The van der Waals surface area contributed by atoms with Crippen molar-refractivity contribution in [2.45, 2.75) is 219 Å². The molecule has 0 aromatic rings. The van der Waals surface area contributed by atoms with Gasteiger partial charge in [0.15, 0.2) is 6.10 Å². The lowest BCUT2D eigenvalue weighted by Crippen LogP contribution is -2.30. The molecule has 6 nitrogen and oxygen atoms in total. The molecule has 0 saturated heterocycles. The average Bonchev–Trinajstić information content (AvgIpc) is 3.33. The average molecular weight is 925 g/mol. The van der Waals surface area contributed by atoms with Crippen molar-refractivity contribution in [2.24, 2.45) is 0 Å². The summed E-state index contributed by atoms with van der Waals surface area (Å²) < 4.78 is 16.7.